The molecule has 2 nitrogen and oxygen atoms in total. The van der Waals surface area contributed by atoms with Gasteiger partial charge in [0.25, 0.3) is 0 Å². The topological polar surface area (TPSA) is 8.17 Å². The maximum Gasteiger partial charge on any atom is 0.0547 e. The van der Waals surface area contributed by atoms with E-state index in [4.69, 9.17) is 0 Å². The van der Waals surface area contributed by atoms with Crippen molar-refractivity contribution >= 4 is 49.5 Å². The molecule has 2 heteroatoms. The number of rotatable bonds is 9. The lowest BCUT2D eigenvalue weighted by atomic mass is 9.80. The molecule has 0 spiro atoms. The molecule has 0 atom stereocenters. The van der Waals surface area contributed by atoms with E-state index in [0.29, 0.717) is 5.92 Å². The predicted octanol–water partition coefficient (Wildman–Crippen LogP) is 17.9. The van der Waals surface area contributed by atoms with Crippen molar-refractivity contribution in [3.05, 3.63) is 241 Å². The van der Waals surface area contributed by atoms with Crippen LogP contribution >= 0.6 is 0 Å². The third-order valence-electron chi connectivity index (χ3n) is 14.2. The van der Waals surface area contributed by atoms with Crippen LogP contribution in [0.15, 0.2) is 230 Å². The Bertz CT molecular complexity index is 3440. The highest BCUT2D eigenvalue weighted by molar-refractivity contribution is 6.10. The molecule has 0 unspecified atom stereocenters. The van der Waals surface area contributed by atoms with Crippen molar-refractivity contribution in [2.24, 2.45) is 0 Å². The van der Waals surface area contributed by atoms with Crippen molar-refractivity contribution in [1.29, 1.82) is 0 Å². The van der Waals surface area contributed by atoms with Crippen LogP contribution in [-0.2, 0) is 0 Å². The molecule has 66 heavy (non-hydrogen) atoms. The zero-order valence-corrected chi connectivity index (χ0v) is 37.3. The van der Waals surface area contributed by atoms with Gasteiger partial charge >= 0.3 is 0 Å². The standard InChI is InChI=1S/C64H52N2/c1-5-20-45(21-6-1)50-39-41-62(59(43-50)47-24-9-3-10-25-47)66(61-37-16-14-33-56(61)58-35-19-27-48-26-18-34-54(64(48)58)46-22-7-2-8-23-46)53-31-17-28-49(42-53)51-38-40-57-55-32-13-15-36-60(55)65(63(57)44-51)52-29-11-4-12-30-52/h1,3-6,9-16,18-21,24-30,32-44,46H,2,7-8,17,22-23,31H2. The van der Waals surface area contributed by atoms with Gasteiger partial charge in [-0.25, -0.2) is 0 Å². The van der Waals surface area contributed by atoms with Crippen LogP contribution in [0.1, 0.15) is 62.0 Å². The summed E-state index contributed by atoms with van der Waals surface area (Å²) in [5.74, 6) is 0.578. The van der Waals surface area contributed by atoms with Crippen molar-refractivity contribution in [3.8, 4) is 39.1 Å². The predicted molar refractivity (Wildman–Crippen MR) is 281 cm³/mol. The summed E-state index contributed by atoms with van der Waals surface area (Å²) in [6.07, 6.45) is 13.2. The summed E-state index contributed by atoms with van der Waals surface area (Å²) in [6.45, 7) is 0. The average Bonchev–Trinajstić information content (AvgIpc) is 3.73. The van der Waals surface area contributed by atoms with Gasteiger partial charge in [0.15, 0.2) is 0 Å². The number of hydrogen-bond donors (Lipinski definition) is 0. The van der Waals surface area contributed by atoms with E-state index in [9.17, 15) is 0 Å². The molecule has 9 aromatic carbocycles. The van der Waals surface area contributed by atoms with E-state index in [1.807, 2.05) is 0 Å². The molecule has 1 saturated carbocycles. The average molecular weight is 849 g/mol. The molecule has 0 N–H and O–H groups in total. The maximum absolute atomic E-state index is 2.61. The summed E-state index contributed by atoms with van der Waals surface area (Å²) >= 11 is 0. The Morgan fingerprint density at radius 3 is 1.91 bits per heavy atom. The Morgan fingerprint density at radius 2 is 1.09 bits per heavy atom. The number of para-hydroxylation sites is 3. The molecule has 0 saturated heterocycles. The Balaban J connectivity index is 1.08. The lowest BCUT2D eigenvalue weighted by Crippen LogP contribution is -2.20. The molecule has 318 valence electrons. The first-order chi connectivity index (χ1) is 32.8. The smallest absolute Gasteiger partial charge is 0.0547 e. The highest BCUT2D eigenvalue weighted by Crippen LogP contribution is 2.48. The second-order valence-electron chi connectivity index (χ2n) is 18.2. The van der Waals surface area contributed by atoms with Gasteiger partial charge in [-0.2, -0.15) is 0 Å². The zero-order chi connectivity index (χ0) is 43.8. The fourth-order valence-electron chi connectivity index (χ4n) is 11.1. The van der Waals surface area contributed by atoms with E-state index in [1.165, 1.54) is 138 Å². The second-order valence-corrected chi connectivity index (χ2v) is 18.2. The number of benzene rings is 9. The SMILES string of the molecule is C1=C(c2ccc3c4ccccc4n(-c4ccccc4)c3c2)C=C(N(c2ccc(-c3ccccc3)cc2-c2ccccc2)c2ccccc2-c2cccc3cccc(C4CCCCC4)c23)CC1. The van der Waals surface area contributed by atoms with E-state index < -0.39 is 0 Å². The third-order valence-corrected chi connectivity index (χ3v) is 14.2. The minimum Gasteiger partial charge on any atom is -0.313 e. The summed E-state index contributed by atoms with van der Waals surface area (Å²) in [6, 6.07) is 78.8. The fourth-order valence-corrected chi connectivity index (χ4v) is 11.1. The summed E-state index contributed by atoms with van der Waals surface area (Å²) in [7, 11) is 0. The first kappa shape index (κ1) is 39.9. The monoisotopic (exact) mass is 848 g/mol. The zero-order valence-electron chi connectivity index (χ0n) is 37.3. The minimum atomic E-state index is 0.578. The van der Waals surface area contributed by atoms with Crippen molar-refractivity contribution < 1.29 is 0 Å². The number of aromatic nitrogens is 1. The molecule has 2 aliphatic rings. The van der Waals surface area contributed by atoms with E-state index in [-0.39, 0.29) is 0 Å². The molecule has 10 aromatic rings. The van der Waals surface area contributed by atoms with Crippen LogP contribution < -0.4 is 4.90 Å². The van der Waals surface area contributed by atoms with Gasteiger partial charge in [-0.05, 0) is 130 Å². The van der Waals surface area contributed by atoms with Gasteiger partial charge in [-0.3, -0.25) is 0 Å². The molecule has 0 amide bonds. The summed E-state index contributed by atoms with van der Waals surface area (Å²) in [5.41, 5.74) is 18.6. The maximum atomic E-state index is 2.61. The van der Waals surface area contributed by atoms with Gasteiger partial charge < -0.3 is 9.47 Å². The molecule has 1 aromatic heterocycles. The number of nitrogens with zero attached hydrogens (tertiary/aromatic N) is 2. The van der Waals surface area contributed by atoms with Crippen molar-refractivity contribution in [2.75, 3.05) is 4.90 Å². The number of allylic oxidation sites excluding steroid dienone is 4. The number of hydrogen-bond acceptors (Lipinski definition) is 1. The minimum absolute atomic E-state index is 0.578. The van der Waals surface area contributed by atoms with Gasteiger partial charge in [0, 0.05) is 33.3 Å². The van der Waals surface area contributed by atoms with Crippen molar-refractivity contribution in [1.82, 2.24) is 4.57 Å². The molecule has 0 aliphatic heterocycles. The van der Waals surface area contributed by atoms with Gasteiger partial charge in [0.1, 0.15) is 0 Å². The van der Waals surface area contributed by atoms with E-state index >= 15 is 0 Å². The van der Waals surface area contributed by atoms with Crippen molar-refractivity contribution in [3.63, 3.8) is 0 Å². The Kier molecular flexibility index (Phi) is 10.5. The summed E-state index contributed by atoms with van der Waals surface area (Å²) < 4.78 is 2.43. The normalized spacial score (nSPS) is 14.4. The molecule has 0 bridgehead atoms. The molecule has 0 radical (unpaired) electrons. The first-order valence-electron chi connectivity index (χ1n) is 23.9. The van der Waals surface area contributed by atoms with Crippen LogP contribution in [0.4, 0.5) is 11.4 Å². The largest absolute Gasteiger partial charge is 0.313 e. The number of fused-ring (bicyclic) bond motifs is 4. The summed E-state index contributed by atoms with van der Waals surface area (Å²) in [4.78, 5) is 2.61. The second kappa shape index (κ2) is 17.4. The molecular weight excluding hydrogens is 797 g/mol. The lowest BCUT2D eigenvalue weighted by Gasteiger charge is -2.34. The highest BCUT2D eigenvalue weighted by atomic mass is 15.2. The Labute approximate surface area is 388 Å². The van der Waals surface area contributed by atoms with Crippen LogP contribution in [-0.4, -0.2) is 4.57 Å². The van der Waals surface area contributed by atoms with Gasteiger partial charge in [-0.1, -0.05) is 195 Å². The highest BCUT2D eigenvalue weighted by Gasteiger charge is 2.26. The molecule has 1 fully saturated rings. The lowest BCUT2D eigenvalue weighted by molar-refractivity contribution is 0.445. The molecule has 12 rings (SSSR count). The van der Waals surface area contributed by atoms with Gasteiger partial charge in [0.2, 0.25) is 0 Å². The van der Waals surface area contributed by atoms with Crippen LogP contribution in [0.3, 0.4) is 0 Å². The van der Waals surface area contributed by atoms with E-state index in [0.717, 1.165) is 12.8 Å². The molecule has 2 aliphatic carbocycles. The van der Waals surface area contributed by atoms with Crippen LogP contribution in [0, 0.1) is 0 Å². The van der Waals surface area contributed by atoms with Crippen LogP contribution in [0.5, 0.6) is 0 Å². The third kappa shape index (κ3) is 7.24. The van der Waals surface area contributed by atoms with Gasteiger partial charge in [0.05, 0.1) is 22.4 Å². The van der Waals surface area contributed by atoms with Gasteiger partial charge in [-0.15, -0.1) is 0 Å². The Morgan fingerprint density at radius 1 is 0.439 bits per heavy atom. The first-order valence-corrected chi connectivity index (χ1v) is 23.9. The fraction of sp³-hybridized carbons (Fsp3) is 0.125. The molecular formula is C64H52N2. The van der Waals surface area contributed by atoms with Crippen molar-refractivity contribution in [2.45, 2.75) is 50.9 Å². The van der Waals surface area contributed by atoms with Crippen LogP contribution in [0.25, 0.3) is 77.2 Å². The van der Waals surface area contributed by atoms with Crippen LogP contribution in [0.2, 0.25) is 0 Å². The number of anilines is 2. The summed E-state index contributed by atoms with van der Waals surface area (Å²) in [5, 5.41) is 5.26. The molecule has 1 heterocycles. The Hall–Kier alpha value is -7.68. The quantitative estimate of drug-likeness (QED) is 0.140. The van der Waals surface area contributed by atoms with E-state index in [2.05, 4.69) is 234 Å². The van der Waals surface area contributed by atoms with E-state index in [1.54, 1.807) is 0 Å².